The van der Waals surface area contributed by atoms with E-state index in [0.29, 0.717) is 0 Å². The SMILES string of the molecule is O=S(=O)(F)c1ccc(S(=O)(=O)NC2CCC(C(F)(F)F)CC2)cc1. The Balaban J connectivity index is 2.05. The lowest BCUT2D eigenvalue weighted by molar-refractivity contribution is -0.182. The summed E-state index contributed by atoms with van der Waals surface area (Å²) in [6.45, 7) is 0. The molecule has 1 saturated carbocycles. The molecule has 0 saturated heterocycles. The fourth-order valence-corrected chi connectivity index (χ4v) is 4.37. The second-order valence-electron chi connectivity index (χ2n) is 5.62. The summed E-state index contributed by atoms with van der Waals surface area (Å²) in [6, 6.07) is 2.85. The highest BCUT2D eigenvalue weighted by molar-refractivity contribution is 7.89. The third-order valence-corrected chi connectivity index (χ3v) is 6.30. The number of alkyl halides is 3. The first-order valence-corrected chi connectivity index (χ1v) is 9.90. The number of hydrogen-bond acceptors (Lipinski definition) is 4. The summed E-state index contributed by atoms with van der Waals surface area (Å²) in [7, 11) is -8.96. The van der Waals surface area contributed by atoms with E-state index in [1.165, 1.54) is 0 Å². The van der Waals surface area contributed by atoms with Gasteiger partial charge in [-0.3, -0.25) is 0 Å². The van der Waals surface area contributed by atoms with Crippen molar-refractivity contribution >= 4 is 20.2 Å². The average Bonchev–Trinajstić information content (AvgIpc) is 2.46. The lowest BCUT2D eigenvalue weighted by atomic mass is 9.86. The largest absolute Gasteiger partial charge is 0.391 e. The predicted octanol–water partition coefficient (Wildman–Crippen LogP) is 2.74. The van der Waals surface area contributed by atoms with Crippen LogP contribution in [0.5, 0.6) is 0 Å². The molecule has 0 radical (unpaired) electrons. The van der Waals surface area contributed by atoms with Crippen LogP contribution in [0.2, 0.25) is 0 Å². The maximum Gasteiger partial charge on any atom is 0.391 e. The summed E-state index contributed by atoms with van der Waals surface area (Å²) >= 11 is 0. The standard InChI is InChI=1S/C13H15F4NO4S2/c14-13(15,16)9-1-3-10(4-2-9)18-24(21,22)12-7-5-11(6-8-12)23(17,19)20/h5-10,18H,1-4H2. The summed E-state index contributed by atoms with van der Waals surface area (Å²) in [6.07, 6.45) is -4.48. The molecule has 11 heteroatoms. The van der Waals surface area contributed by atoms with E-state index in [0.717, 1.165) is 24.3 Å². The third-order valence-electron chi connectivity index (χ3n) is 3.93. The Morgan fingerprint density at radius 1 is 0.875 bits per heavy atom. The molecule has 2 rings (SSSR count). The Morgan fingerprint density at radius 2 is 1.33 bits per heavy atom. The molecule has 0 aliphatic heterocycles. The zero-order chi connectivity index (χ0) is 18.2. The van der Waals surface area contributed by atoms with E-state index in [4.69, 9.17) is 0 Å². The van der Waals surface area contributed by atoms with Crippen molar-refractivity contribution in [2.45, 2.75) is 47.7 Å². The highest BCUT2D eigenvalue weighted by Gasteiger charge is 2.41. The average molecular weight is 389 g/mol. The van der Waals surface area contributed by atoms with Crippen LogP contribution in [0.25, 0.3) is 0 Å². The molecule has 1 fully saturated rings. The Labute approximate surface area is 137 Å². The Kier molecular flexibility index (Phi) is 5.26. The molecule has 0 aromatic heterocycles. The molecule has 0 spiro atoms. The van der Waals surface area contributed by atoms with Crippen LogP contribution in [0.3, 0.4) is 0 Å². The summed E-state index contributed by atoms with van der Waals surface area (Å²) < 4.78 is 98.6. The van der Waals surface area contributed by atoms with E-state index in [1.807, 2.05) is 0 Å². The molecule has 5 nitrogen and oxygen atoms in total. The van der Waals surface area contributed by atoms with E-state index in [-0.39, 0.29) is 30.6 Å². The number of benzene rings is 1. The fraction of sp³-hybridized carbons (Fsp3) is 0.538. The number of halogens is 4. The number of hydrogen-bond donors (Lipinski definition) is 1. The lowest BCUT2D eigenvalue weighted by Crippen LogP contribution is -2.39. The van der Waals surface area contributed by atoms with E-state index >= 15 is 0 Å². The van der Waals surface area contributed by atoms with Crippen molar-refractivity contribution in [2.75, 3.05) is 0 Å². The van der Waals surface area contributed by atoms with Crippen LogP contribution in [-0.4, -0.2) is 29.1 Å². The Morgan fingerprint density at radius 3 is 1.75 bits per heavy atom. The molecular weight excluding hydrogens is 374 g/mol. The first kappa shape index (κ1) is 19.1. The lowest BCUT2D eigenvalue weighted by Gasteiger charge is -2.30. The van der Waals surface area contributed by atoms with E-state index < -0.39 is 43.3 Å². The van der Waals surface area contributed by atoms with Crippen LogP contribution in [0.1, 0.15) is 25.7 Å². The molecule has 24 heavy (non-hydrogen) atoms. The van der Waals surface area contributed by atoms with Crippen LogP contribution in [0.4, 0.5) is 17.1 Å². The first-order chi connectivity index (χ1) is 10.9. The second kappa shape index (κ2) is 6.60. The molecule has 0 bridgehead atoms. The van der Waals surface area contributed by atoms with Gasteiger partial charge in [0.25, 0.3) is 0 Å². The predicted molar refractivity (Wildman–Crippen MR) is 76.9 cm³/mol. The van der Waals surface area contributed by atoms with Gasteiger partial charge in [-0.15, -0.1) is 3.89 Å². The summed E-state index contributed by atoms with van der Waals surface area (Å²) in [4.78, 5) is -0.958. The molecule has 0 atom stereocenters. The Bertz CT molecular complexity index is 780. The van der Waals surface area contributed by atoms with E-state index in [1.54, 1.807) is 0 Å². The van der Waals surface area contributed by atoms with Crippen LogP contribution >= 0.6 is 0 Å². The highest BCUT2D eigenvalue weighted by atomic mass is 32.3. The fourth-order valence-electron chi connectivity index (χ4n) is 2.61. The van der Waals surface area contributed by atoms with Crippen LogP contribution < -0.4 is 4.72 Å². The van der Waals surface area contributed by atoms with E-state index in [2.05, 4.69) is 4.72 Å². The molecule has 1 N–H and O–H groups in total. The smallest absolute Gasteiger partial charge is 0.208 e. The normalized spacial score (nSPS) is 23.2. The molecule has 136 valence electrons. The number of sulfonamides is 1. The highest BCUT2D eigenvalue weighted by Crippen LogP contribution is 2.37. The van der Waals surface area contributed by atoms with Gasteiger partial charge in [-0.2, -0.15) is 21.6 Å². The van der Waals surface area contributed by atoms with Crippen LogP contribution in [0, 0.1) is 5.92 Å². The van der Waals surface area contributed by atoms with Gasteiger partial charge in [-0.05, 0) is 49.9 Å². The summed E-state index contributed by atoms with van der Waals surface area (Å²) in [5.74, 6) is -1.42. The molecule has 0 unspecified atom stereocenters. The summed E-state index contributed by atoms with van der Waals surface area (Å²) in [5, 5.41) is 0. The van der Waals surface area contributed by atoms with Gasteiger partial charge in [-0.1, -0.05) is 0 Å². The molecule has 1 aliphatic rings. The maximum absolute atomic E-state index is 12.8. The minimum absolute atomic E-state index is 0.0559. The van der Waals surface area contributed by atoms with Gasteiger partial charge < -0.3 is 0 Å². The number of rotatable bonds is 4. The maximum atomic E-state index is 12.8. The summed E-state index contributed by atoms with van der Waals surface area (Å²) in [5.41, 5.74) is 0. The topological polar surface area (TPSA) is 80.3 Å². The molecule has 1 aliphatic carbocycles. The molecule has 1 aromatic rings. The first-order valence-electron chi connectivity index (χ1n) is 7.03. The van der Waals surface area contributed by atoms with Crippen molar-refractivity contribution in [1.82, 2.24) is 4.72 Å². The number of nitrogens with one attached hydrogen (secondary N) is 1. The zero-order valence-electron chi connectivity index (χ0n) is 12.3. The third kappa shape index (κ3) is 4.67. The van der Waals surface area contributed by atoms with Gasteiger partial charge in [0.1, 0.15) is 0 Å². The molecule has 1 aromatic carbocycles. The molecular formula is C13H15F4NO4S2. The van der Waals surface area contributed by atoms with Gasteiger partial charge >= 0.3 is 16.4 Å². The van der Waals surface area contributed by atoms with Crippen molar-refractivity contribution in [1.29, 1.82) is 0 Å². The van der Waals surface area contributed by atoms with Gasteiger partial charge in [-0.25, -0.2) is 13.1 Å². The van der Waals surface area contributed by atoms with Gasteiger partial charge in [0.2, 0.25) is 10.0 Å². The Hall–Kier alpha value is -1.20. The van der Waals surface area contributed by atoms with Crippen LogP contribution in [0.15, 0.2) is 34.1 Å². The quantitative estimate of drug-likeness (QED) is 0.634. The van der Waals surface area contributed by atoms with Crippen LogP contribution in [-0.2, 0) is 20.2 Å². The monoisotopic (exact) mass is 389 g/mol. The van der Waals surface area contributed by atoms with Gasteiger partial charge in [0, 0.05) is 6.04 Å². The van der Waals surface area contributed by atoms with Crippen molar-refractivity contribution in [3.8, 4) is 0 Å². The minimum atomic E-state index is -4.93. The molecule has 0 amide bonds. The molecule has 0 heterocycles. The van der Waals surface area contributed by atoms with Crippen molar-refractivity contribution in [2.24, 2.45) is 5.92 Å². The van der Waals surface area contributed by atoms with E-state index in [9.17, 15) is 33.9 Å². The second-order valence-corrected chi connectivity index (χ2v) is 8.68. The zero-order valence-corrected chi connectivity index (χ0v) is 13.9. The minimum Gasteiger partial charge on any atom is -0.208 e. The van der Waals surface area contributed by atoms with Crippen molar-refractivity contribution in [3.63, 3.8) is 0 Å². The van der Waals surface area contributed by atoms with Gasteiger partial charge in [0.15, 0.2) is 0 Å². The van der Waals surface area contributed by atoms with Crippen molar-refractivity contribution < 1.29 is 33.9 Å². The van der Waals surface area contributed by atoms with Crippen molar-refractivity contribution in [3.05, 3.63) is 24.3 Å². The van der Waals surface area contributed by atoms with Gasteiger partial charge in [0.05, 0.1) is 15.7 Å².